The number of phenolic OH excluding ortho intramolecular Hbond substituents is 1. The molecule has 0 saturated heterocycles. The molecule has 1 aromatic rings. The van der Waals surface area contributed by atoms with Crippen LogP contribution in [-0.4, -0.2) is 44.4 Å². The molecule has 2 rings (SSSR count). The van der Waals surface area contributed by atoms with Gasteiger partial charge in [0.25, 0.3) is 0 Å². The predicted molar refractivity (Wildman–Crippen MR) is 119 cm³/mol. The van der Waals surface area contributed by atoms with E-state index >= 15 is 0 Å². The Hall–Kier alpha value is -1.02. The quantitative estimate of drug-likeness (QED) is 0.290. The molecule has 1 aromatic carbocycles. The van der Waals surface area contributed by atoms with E-state index in [2.05, 4.69) is 17.6 Å². The zero-order valence-electron chi connectivity index (χ0n) is 16.1. The van der Waals surface area contributed by atoms with Crippen molar-refractivity contribution in [1.82, 2.24) is 10.6 Å². The number of ether oxygens (including phenoxy) is 1. The first-order valence-corrected chi connectivity index (χ1v) is 9.46. The molecule has 3 N–H and O–H groups in total. The van der Waals surface area contributed by atoms with Crippen LogP contribution in [0.25, 0.3) is 0 Å². The first kappa shape index (κ1) is 23.0. The first-order chi connectivity index (χ1) is 12.2. The summed E-state index contributed by atoms with van der Waals surface area (Å²) in [7, 11) is 1.78. The van der Waals surface area contributed by atoms with E-state index in [0.29, 0.717) is 11.2 Å². The molecule has 0 bridgehead atoms. The molecular formula is C20H34IN3O2. The summed E-state index contributed by atoms with van der Waals surface area (Å²) in [5, 5.41) is 16.3. The topological polar surface area (TPSA) is 65.9 Å². The fourth-order valence-corrected chi connectivity index (χ4v) is 3.56. The van der Waals surface area contributed by atoms with E-state index in [1.165, 1.54) is 25.7 Å². The van der Waals surface area contributed by atoms with Crippen LogP contribution in [0.4, 0.5) is 0 Å². The summed E-state index contributed by atoms with van der Waals surface area (Å²) >= 11 is 0. The Morgan fingerprint density at radius 2 is 2.04 bits per heavy atom. The van der Waals surface area contributed by atoms with Crippen LogP contribution in [0.5, 0.6) is 5.75 Å². The van der Waals surface area contributed by atoms with Crippen LogP contribution in [0.3, 0.4) is 0 Å². The van der Waals surface area contributed by atoms with E-state index in [1.54, 1.807) is 13.2 Å². The Morgan fingerprint density at radius 3 is 2.69 bits per heavy atom. The fraction of sp³-hybridized carbons (Fsp3) is 0.650. The third-order valence-corrected chi connectivity index (χ3v) is 5.03. The molecule has 0 atom stereocenters. The molecule has 0 unspecified atom stereocenters. The number of aliphatic imine (C=N–C) groups is 1. The second-order valence-corrected chi connectivity index (χ2v) is 6.99. The van der Waals surface area contributed by atoms with Gasteiger partial charge < -0.3 is 20.5 Å². The minimum absolute atomic E-state index is 0. The van der Waals surface area contributed by atoms with Crippen LogP contribution >= 0.6 is 24.0 Å². The lowest BCUT2D eigenvalue weighted by molar-refractivity contribution is 0.141. The van der Waals surface area contributed by atoms with Crippen LogP contribution in [0.15, 0.2) is 29.3 Å². The highest BCUT2D eigenvalue weighted by Crippen LogP contribution is 2.41. The van der Waals surface area contributed by atoms with E-state index in [1.807, 2.05) is 18.2 Å². The summed E-state index contributed by atoms with van der Waals surface area (Å²) in [6.45, 7) is 5.40. The Morgan fingerprint density at radius 1 is 1.27 bits per heavy atom. The molecule has 5 nitrogen and oxygen atoms in total. The lowest BCUT2D eigenvalue weighted by atomic mass is 9.83. The highest BCUT2D eigenvalue weighted by Gasteiger charge is 2.33. The number of benzene rings is 1. The Labute approximate surface area is 175 Å². The van der Waals surface area contributed by atoms with Crippen molar-refractivity contribution in [2.24, 2.45) is 10.4 Å². The molecule has 0 aliphatic heterocycles. The first-order valence-electron chi connectivity index (χ1n) is 9.46. The number of rotatable bonds is 9. The molecule has 0 aromatic heterocycles. The minimum Gasteiger partial charge on any atom is -0.508 e. The van der Waals surface area contributed by atoms with Gasteiger partial charge in [-0.25, -0.2) is 0 Å². The van der Waals surface area contributed by atoms with E-state index in [4.69, 9.17) is 9.73 Å². The second-order valence-electron chi connectivity index (χ2n) is 6.99. The monoisotopic (exact) mass is 475 g/mol. The van der Waals surface area contributed by atoms with Crippen molar-refractivity contribution in [2.45, 2.75) is 45.4 Å². The maximum Gasteiger partial charge on any atom is 0.191 e. The van der Waals surface area contributed by atoms with Gasteiger partial charge in [0.15, 0.2) is 5.96 Å². The van der Waals surface area contributed by atoms with Gasteiger partial charge in [0.2, 0.25) is 0 Å². The largest absolute Gasteiger partial charge is 0.508 e. The van der Waals surface area contributed by atoms with E-state index in [0.717, 1.165) is 50.6 Å². The smallest absolute Gasteiger partial charge is 0.191 e. The molecule has 0 radical (unpaired) electrons. The average Bonchev–Trinajstić information content (AvgIpc) is 3.07. The van der Waals surface area contributed by atoms with Crippen molar-refractivity contribution >= 4 is 29.9 Å². The van der Waals surface area contributed by atoms with Gasteiger partial charge in [0.1, 0.15) is 5.75 Å². The summed E-state index contributed by atoms with van der Waals surface area (Å²) in [6.07, 6.45) is 7.07. The number of guanidine groups is 1. The van der Waals surface area contributed by atoms with Crippen molar-refractivity contribution in [3.05, 3.63) is 29.8 Å². The SMILES string of the molecule is CCNC(=NCC1(CCOC)CCCC1)NCCc1cccc(O)c1.I. The van der Waals surface area contributed by atoms with Crippen LogP contribution in [0.2, 0.25) is 0 Å². The van der Waals surface area contributed by atoms with Crippen molar-refractivity contribution in [3.63, 3.8) is 0 Å². The van der Waals surface area contributed by atoms with Gasteiger partial charge in [-0.1, -0.05) is 25.0 Å². The highest BCUT2D eigenvalue weighted by atomic mass is 127. The summed E-state index contributed by atoms with van der Waals surface area (Å²) in [5.74, 6) is 1.20. The number of halogens is 1. The number of hydrogen-bond donors (Lipinski definition) is 3. The molecule has 0 amide bonds. The normalized spacial score (nSPS) is 16.2. The van der Waals surface area contributed by atoms with Crippen LogP contribution in [0, 0.1) is 5.41 Å². The summed E-state index contributed by atoms with van der Waals surface area (Å²) < 4.78 is 5.31. The number of nitrogens with one attached hydrogen (secondary N) is 2. The zero-order chi connectivity index (χ0) is 18.0. The minimum atomic E-state index is 0. The highest BCUT2D eigenvalue weighted by molar-refractivity contribution is 14.0. The summed E-state index contributed by atoms with van der Waals surface area (Å²) in [4.78, 5) is 4.86. The van der Waals surface area contributed by atoms with Gasteiger partial charge in [-0.3, -0.25) is 4.99 Å². The standard InChI is InChI=1S/C20H33N3O2.HI/c1-3-21-19(22-13-9-17-7-6-8-18(24)15-17)23-16-20(12-14-25-2)10-4-5-11-20;/h6-8,15,24H,3-5,9-14,16H2,1-2H3,(H2,21,22,23);1H. The van der Waals surface area contributed by atoms with Gasteiger partial charge in [-0.2, -0.15) is 0 Å². The lowest BCUT2D eigenvalue weighted by Crippen LogP contribution is -2.39. The third kappa shape index (κ3) is 7.70. The summed E-state index contributed by atoms with van der Waals surface area (Å²) in [6, 6.07) is 7.42. The van der Waals surface area contributed by atoms with Gasteiger partial charge >= 0.3 is 0 Å². The van der Waals surface area contributed by atoms with Crippen molar-refractivity contribution < 1.29 is 9.84 Å². The molecule has 1 fully saturated rings. The van der Waals surface area contributed by atoms with Crippen molar-refractivity contribution in [2.75, 3.05) is 33.4 Å². The van der Waals surface area contributed by atoms with Gasteiger partial charge in [0, 0.05) is 33.4 Å². The molecule has 1 aliphatic rings. The summed E-state index contributed by atoms with van der Waals surface area (Å²) in [5.41, 5.74) is 1.43. The second kappa shape index (κ2) is 12.4. The average molecular weight is 475 g/mol. The maximum absolute atomic E-state index is 9.54. The molecular weight excluding hydrogens is 441 g/mol. The number of methoxy groups -OCH3 is 1. The number of aromatic hydroxyl groups is 1. The van der Waals surface area contributed by atoms with E-state index in [-0.39, 0.29) is 24.0 Å². The Balaban J connectivity index is 0.00000338. The molecule has 26 heavy (non-hydrogen) atoms. The van der Waals surface area contributed by atoms with Crippen LogP contribution in [-0.2, 0) is 11.2 Å². The number of phenols is 1. The molecule has 6 heteroatoms. The fourth-order valence-electron chi connectivity index (χ4n) is 3.56. The van der Waals surface area contributed by atoms with E-state index < -0.39 is 0 Å². The molecule has 148 valence electrons. The molecule has 0 heterocycles. The molecule has 1 saturated carbocycles. The van der Waals surface area contributed by atoms with E-state index in [9.17, 15) is 5.11 Å². The van der Waals surface area contributed by atoms with Crippen molar-refractivity contribution in [3.8, 4) is 5.75 Å². The zero-order valence-corrected chi connectivity index (χ0v) is 18.4. The van der Waals surface area contributed by atoms with Gasteiger partial charge in [0.05, 0.1) is 0 Å². The lowest BCUT2D eigenvalue weighted by Gasteiger charge is -2.27. The van der Waals surface area contributed by atoms with Crippen LogP contribution in [0.1, 0.15) is 44.6 Å². The Bertz CT molecular complexity index is 546. The molecule has 0 spiro atoms. The number of hydrogen-bond acceptors (Lipinski definition) is 3. The van der Waals surface area contributed by atoms with Crippen molar-refractivity contribution in [1.29, 1.82) is 0 Å². The van der Waals surface area contributed by atoms with Crippen LogP contribution < -0.4 is 10.6 Å². The Kier molecular flexibility index (Phi) is 11.0. The third-order valence-electron chi connectivity index (χ3n) is 5.03. The molecule has 1 aliphatic carbocycles. The maximum atomic E-state index is 9.54. The number of nitrogens with zero attached hydrogens (tertiary/aromatic N) is 1. The van der Waals surface area contributed by atoms with Gasteiger partial charge in [-0.15, -0.1) is 24.0 Å². The van der Waals surface area contributed by atoms with Gasteiger partial charge in [-0.05, 0) is 55.7 Å². The predicted octanol–water partition coefficient (Wildman–Crippen LogP) is 3.70.